The predicted octanol–water partition coefficient (Wildman–Crippen LogP) is 3.21. The van der Waals surface area contributed by atoms with Gasteiger partial charge in [-0.3, -0.25) is 14.3 Å². The molecule has 1 heterocycles. The summed E-state index contributed by atoms with van der Waals surface area (Å²) in [6, 6.07) is 17.1. The van der Waals surface area contributed by atoms with Crippen molar-refractivity contribution in [2.24, 2.45) is 0 Å². The molecule has 0 aliphatic carbocycles. The molecule has 9 nitrogen and oxygen atoms in total. The molecule has 34 heavy (non-hydrogen) atoms. The fourth-order valence-corrected chi connectivity index (χ4v) is 4.45. The number of nitrogens with zero attached hydrogens (tertiary/aromatic N) is 1. The summed E-state index contributed by atoms with van der Waals surface area (Å²) in [6.07, 6.45) is 0. The average molecular weight is 482 g/mol. The van der Waals surface area contributed by atoms with Crippen LogP contribution in [0.15, 0.2) is 71.6 Å². The van der Waals surface area contributed by atoms with Gasteiger partial charge in [-0.15, -0.1) is 0 Å². The molecule has 0 saturated heterocycles. The summed E-state index contributed by atoms with van der Waals surface area (Å²) < 4.78 is 39.4. The first kappa shape index (κ1) is 23.1. The number of rotatable bonds is 6. The zero-order valence-electron chi connectivity index (χ0n) is 18.6. The van der Waals surface area contributed by atoms with Gasteiger partial charge in [0.05, 0.1) is 16.1 Å². The first-order valence-corrected chi connectivity index (χ1v) is 11.9. The van der Waals surface area contributed by atoms with Gasteiger partial charge >= 0.3 is 0 Å². The van der Waals surface area contributed by atoms with Crippen molar-refractivity contribution in [2.45, 2.75) is 4.90 Å². The number of carbonyl (C=O) groups is 2. The van der Waals surface area contributed by atoms with Gasteiger partial charge in [0.25, 0.3) is 21.8 Å². The van der Waals surface area contributed by atoms with Crippen LogP contribution in [-0.4, -0.2) is 52.4 Å². The topological polar surface area (TPSA) is 114 Å². The number of ether oxygens (including phenoxy) is 2. The number of fused-ring (bicyclic) bond motifs is 1. The zero-order chi connectivity index (χ0) is 24.3. The van der Waals surface area contributed by atoms with Crippen molar-refractivity contribution in [3.63, 3.8) is 0 Å². The Hall–Kier alpha value is -4.05. The van der Waals surface area contributed by atoms with Gasteiger partial charge in [0, 0.05) is 31.4 Å². The molecule has 0 spiro atoms. The van der Waals surface area contributed by atoms with Gasteiger partial charge in [-0.05, 0) is 42.5 Å². The lowest BCUT2D eigenvalue weighted by atomic mass is 10.1. The molecular weight excluding hydrogens is 458 g/mol. The van der Waals surface area contributed by atoms with Crippen LogP contribution in [0.2, 0.25) is 0 Å². The van der Waals surface area contributed by atoms with E-state index in [0.29, 0.717) is 36.0 Å². The Morgan fingerprint density at radius 3 is 2.38 bits per heavy atom. The molecule has 1 aliphatic heterocycles. The minimum Gasteiger partial charge on any atom is -0.486 e. The molecule has 10 heteroatoms. The molecular formula is C24H23N3O6S. The van der Waals surface area contributed by atoms with E-state index in [9.17, 15) is 18.0 Å². The summed E-state index contributed by atoms with van der Waals surface area (Å²) in [5, 5.41) is 2.72. The van der Waals surface area contributed by atoms with Crippen LogP contribution >= 0.6 is 0 Å². The maximum absolute atomic E-state index is 13.0. The van der Waals surface area contributed by atoms with Crippen molar-refractivity contribution in [1.82, 2.24) is 4.90 Å². The maximum atomic E-state index is 13.0. The summed E-state index contributed by atoms with van der Waals surface area (Å²) in [7, 11) is -0.746. The number of sulfonamides is 1. The van der Waals surface area contributed by atoms with E-state index >= 15 is 0 Å². The minimum atomic E-state index is -4.02. The van der Waals surface area contributed by atoms with E-state index in [4.69, 9.17) is 9.47 Å². The number of benzene rings is 3. The van der Waals surface area contributed by atoms with Crippen molar-refractivity contribution in [1.29, 1.82) is 0 Å². The Balaban J connectivity index is 1.57. The van der Waals surface area contributed by atoms with Crippen LogP contribution in [-0.2, 0) is 10.0 Å². The van der Waals surface area contributed by atoms with Crippen molar-refractivity contribution in [3.8, 4) is 11.5 Å². The number of para-hydroxylation sites is 1. The van der Waals surface area contributed by atoms with E-state index in [1.807, 2.05) is 0 Å². The number of amides is 2. The number of hydrogen-bond donors (Lipinski definition) is 2. The average Bonchev–Trinajstić information content (AvgIpc) is 2.83. The summed E-state index contributed by atoms with van der Waals surface area (Å²) in [5.41, 5.74) is 1.04. The first-order chi connectivity index (χ1) is 16.2. The highest BCUT2D eigenvalue weighted by Crippen LogP contribution is 2.33. The highest BCUT2D eigenvalue weighted by atomic mass is 32.2. The van der Waals surface area contributed by atoms with Gasteiger partial charge in [-0.1, -0.05) is 18.2 Å². The SMILES string of the molecule is CN(C)C(=O)c1cccc(NC(=O)c2ccccc2NS(=O)(=O)c2ccc3c(c2)OCCO3)c1. The molecule has 0 saturated carbocycles. The van der Waals surface area contributed by atoms with Gasteiger partial charge in [-0.25, -0.2) is 8.42 Å². The lowest BCUT2D eigenvalue weighted by Crippen LogP contribution is -2.22. The molecule has 1 aliphatic rings. The quantitative estimate of drug-likeness (QED) is 0.559. The normalized spacial score (nSPS) is 12.5. The number of anilines is 2. The fourth-order valence-electron chi connectivity index (χ4n) is 3.35. The smallest absolute Gasteiger partial charge is 0.262 e. The van der Waals surface area contributed by atoms with Crippen LogP contribution < -0.4 is 19.5 Å². The molecule has 0 bridgehead atoms. The number of carbonyl (C=O) groups excluding carboxylic acids is 2. The summed E-state index contributed by atoms with van der Waals surface area (Å²) in [5.74, 6) is 0.0749. The molecule has 176 valence electrons. The van der Waals surface area contributed by atoms with Crippen LogP contribution in [0.1, 0.15) is 20.7 Å². The summed E-state index contributed by atoms with van der Waals surface area (Å²) in [6.45, 7) is 0.723. The van der Waals surface area contributed by atoms with Crippen molar-refractivity contribution in [3.05, 3.63) is 77.9 Å². The van der Waals surface area contributed by atoms with E-state index in [0.717, 1.165) is 0 Å². The fraction of sp³-hybridized carbons (Fsp3) is 0.167. The van der Waals surface area contributed by atoms with Gasteiger partial charge in [0.2, 0.25) is 0 Å². The summed E-state index contributed by atoms with van der Waals surface area (Å²) in [4.78, 5) is 26.6. The lowest BCUT2D eigenvalue weighted by Gasteiger charge is -2.19. The Kier molecular flexibility index (Phi) is 6.42. The molecule has 0 fully saturated rings. The minimum absolute atomic E-state index is 0.0261. The van der Waals surface area contributed by atoms with Crippen LogP contribution in [0.5, 0.6) is 11.5 Å². The Morgan fingerprint density at radius 2 is 1.62 bits per heavy atom. The second-order valence-electron chi connectivity index (χ2n) is 7.69. The lowest BCUT2D eigenvalue weighted by molar-refractivity contribution is 0.0827. The third kappa shape index (κ3) is 4.96. The van der Waals surface area contributed by atoms with Gasteiger partial charge in [0.1, 0.15) is 13.2 Å². The molecule has 4 rings (SSSR count). The third-order valence-corrected chi connectivity index (χ3v) is 6.38. The monoisotopic (exact) mass is 481 g/mol. The van der Waals surface area contributed by atoms with E-state index in [1.54, 1.807) is 50.5 Å². The van der Waals surface area contributed by atoms with Crippen LogP contribution in [0.4, 0.5) is 11.4 Å². The Labute approximate surface area is 197 Å². The molecule has 2 N–H and O–H groups in total. The number of nitrogens with one attached hydrogen (secondary N) is 2. The van der Waals surface area contributed by atoms with E-state index in [-0.39, 0.29) is 22.1 Å². The molecule has 3 aromatic carbocycles. The van der Waals surface area contributed by atoms with E-state index in [2.05, 4.69) is 10.0 Å². The molecule has 0 atom stereocenters. The van der Waals surface area contributed by atoms with Crippen molar-refractivity contribution < 1.29 is 27.5 Å². The van der Waals surface area contributed by atoms with E-state index in [1.165, 1.54) is 35.2 Å². The van der Waals surface area contributed by atoms with E-state index < -0.39 is 15.9 Å². The summed E-state index contributed by atoms with van der Waals surface area (Å²) >= 11 is 0. The van der Waals surface area contributed by atoms with Crippen molar-refractivity contribution >= 4 is 33.2 Å². The second-order valence-corrected chi connectivity index (χ2v) is 9.37. The van der Waals surface area contributed by atoms with Gasteiger partial charge in [-0.2, -0.15) is 0 Å². The molecule has 2 amide bonds. The number of hydrogen-bond acceptors (Lipinski definition) is 6. The van der Waals surface area contributed by atoms with Gasteiger partial charge in [0.15, 0.2) is 11.5 Å². The van der Waals surface area contributed by atoms with Crippen LogP contribution in [0.3, 0.4) is 0 Å². The highest BCUT2D eigenvalue weighted by Gasteiger charge is 2.22. The molecule has 0 unspecified atom stereocenters. The Bertz CT molecular complexity index is 1350. The van der Waals surface area contributed by atoms with Crippen LogP contribution in [0.25, 0.3) is 0 Å². The first-order valence-electron chi connectivity index (χ1n) is 10.4. The van der Waals surface area contributed by atoms with Crippen LogP contribution in [0, 0.1) is 0 Å². The van der Waals surface area contributed by atoms with Gasteiger partial charge < -0.3 is 19.7 Å². The largest absolute Gasteiger partial charge is 0.486 e. The molecule has 0 aromatic heterocycles. The van der Waals surface area contributed by atoms with Crippen molar-refractivity contribution in [2.75, 3.05) is 37.3 Å². The second kappa shape index (κ2) is 9.44. The predicted molar refractivity (Wildman–Crippen MR) is 127 cm³/mol. The maximum Gasteiger partial charge on any atom is 0.262 e. The standard InChI is InChI=1S/C24H23N3O6S/c1-27(2)24(29)16-6-5-7-17(14-16)25-23(28)19-8-3-4-9-20(19)26-34(30,31)18-10-11-21-22(15-18)33-13-12-32-21/h3-11,14-15,26H,12-13H2,1-2H3,(H,25,28). The zero-order valence-corrected chi connectivity index (χ0v) is 19.4. The molecule has 0 radical (unpaired) electrons. The third-order valence-electron chi connectivity index (χ3n) is 5.01. The Morgan fingerprint density at radius 1 is 0.882 bits per heavy atom. The highest BCUT2D eigenvalue weighted by molar-refractivity contribution is 7.92. The molecule has 3 aromatic rings.